The van der Waals surface area contributed by atoms with Crippen LogP contribution in [-0.4, -0.2) is 5.33 Å². The summed E-state index contributed by atoms with van der Waals surface area (Å²) in [5.41, 5.74) is 0.520. The van der Waals surface area contributed by atoms with Crippen molar-refractivity contribution in [1.29, 1.82) is 0 Å². The molecule has 1 atom stereocenters. The van der Waals surface area contributed by atoms with Gasteiger partial charge in [0.2, 0.25) is 0 Å². The molecule has 0 saturated carbocycles. The van der Waals surface area contributed by atoms with Gasteiger partial charge in [-0.15, -0.1) is 0 Å². The molecule has 0 aromatic heterocycles. The first-order chi connectivity index (χ1) is 4.95. The normalized spacial score (nSPS) is 15.0. The second kappa shape index (κ2) is 5.18. The third kappa shape index (κ3) is 8.39. The largest absolute Gasteiger partial charge is 0.0925 e. The Balaban J connectivity index is 3.28. The Bertz CT molecular complexity index is 91.5. The van der Waals surface area contributed by atoms with Crippen molar-refractivity contribution in [2.75, 3.05) is 5.33 Å². The van der Waals surface area contributed by atoms with Gasteiger partial charge in [0.1, 0.15) is 0 Å². The maximum atomic E-state index is 3.50. The summed E-state index contributed by atoms with van der Waals surface area (Å²) in [4.78, 5) is 0. The third-order valence-electron chi connectivity index (χ3n) is 1.89. The summed E-state index contributed by atoms with van der Waals surface area (Å²) < 4.78 is 0. The first-order valence-electron chi connectivity index (χ1n) is 4.51. The first-order valence-corrected chi connectivity index (χ1v) is 5.64. The predicted octanol–water partition coefficient (Wildman–Crippen LogP) is 4.23. The van der Waals surface area contributed by atoms with E-state index in [2.05, 4.69) is 43.6 Å². The van der Waals surface area contributed by atoms with Gasteiger partial charge in [-0.3, -0.25) is 0 Å². The zero-order valence-corrected chi connectivity index (χ0v) is 9.87. The van der Waals surface area contributed by atoms with Crippen LogP contribution in [0.15, 0.2) is 0 Å². The molecule has 1 unspecified atom stereocenters. The van der Waals surface area contributed by atoms with E-state index in [1.807, 2.05) is 0 Å². The molecular formula is C10H21Br. The molecule has 0 aliphatic rings. The fraction of sp³-hybridized carbons (Fsp3) is 1.00. The van der Waals surface area contributed by atoms with E-state index in [0.29, 0.717) is 5.41 Å². The van der Waals surface area contributed by atoms with E-state index in [9.17, 15) is 0 Å². The summed E-state index contributed by atoms with van der Waals surface area (Å²) in [6, 6.07) is 0. The summed E-state index contributed by atoms with van der Waals surface area (Å²) in [5.74, 6) is 0.845. The average Bonchev–Trinajstić information content (AvgIpc) is 1.85. The van der Waals surface area contributed by atoms with Crippen molar-refractivity contribution in [1.82, 2.24) is 0 Å². The van der Waals surface area contributed by atoms with Crippen LogP contribution in [0.4, 0.5) is 0 Å². The molecule has 0 saturated heterocycles. The van der Waals surface area contributed by atoms with Crippen LogP contribution in [0.2, 0.25) is 0 Å². The molecule has 0 rings (SSSR count). The smallest absolute Gasteiger partial charge is 0.00570 e. The quantitative estimate of drug-likeness (QED) is 0.623. The van der Waals surface area contributed by atoms with Gasteiger partial charge in [0.05, 0.1) is 0 Å². The van der Waals surface area contributed by atoms with Crippen molar-refractivity contribution >= 4 is 15.9 Å². The highest BCUT2D eigenvalue weighted by molar-refractivity contribution is 9.09. The van der Waals surface area contributed by atoms with Crippen molar-refractivity contribution in [3.8, 4) is 0 Å². The second-order valence-electron chi connectivity index (χ2n) is 4.71. The monoisotopic (exact) mass is 220 g/mol. The molecule has 0 aromatic rings. The molecule has 0 amide bonds. The lowest BCUT2D eigenvalue weighted by Crippen LogP contribution is -2.05. The molecule has 68 valence electrons. The molecule has 0 nitrogen and oxygen atoms in total. The Morgan fingerprint density at radius 3 is 2.18 bits per heavy atom. The van der Waals surface area contributed by atoms with E-state index in [1.54, 1.807) is 0 Å². The summed E-state index contributed by atoms with van der Waals surface area (Å²) >= 11 is 3.50. The topological polar surface area (TPSA) is 0 Å². The first kappa shape index (κ1) is 11.5. The zero-order chi connectivity index (χ0) is 8.91. The van der Waals surface area contributed by atoms with Crippen LogP contribution < -0.4 is 0 Å². The fourth-order valence-corrected chi connectivity index (χ4v) is 1.38. The number of halogens is 1. The highest BCUT2D eigenvalue weighted by atomic mass is 79.9. The SMILES string of the molecule is CC(CBr)CCCC(C)(C)C. The summed E-state index contributed by atoms with van der Waals surface area (Å²) in [5, 5.41) is 1.15. The molecule has 11 heavy (non-hydrogen) atoms. The third-order valence-corrected chi connectivity index (χ3v) is 2.99. The van der Waals surface area contributed by atoms with Gasteiger partial charge in [-0.05, 0) is 24.2 Å². The maximum Gasteiger partial charge on any atom is 0.00570 e. The van der Waals surface area contributed by atoms with Gasteiger partial charge >= 0.3 is 0 Å². The lowest BCUT2D eigenvalue weighted by molar-refractivity contribution is 0.348. The van der Waals surface area contributed by atoms with Crippen molar-refractivity contribution in [3.63, 3.8) is 0 Å². The van der Waals surface area contributed by atoms with Gasteiger partial charge in [-0.1, -0.05) is 50.0 Å². The minimum absolute atomic E-state index is 0.520. The lowest BCUT2D eigenvalue weighted by atomic mass is 9.88. The molecule has 0 bridgehead atoms. The fourth-order valence-electron chi connectivity index (χ4n) is 1.06. The van der Waals surface area contributed by atoms with Crippen molar-refractivity contribution in [2.45, 2.75) is 47.0 Å². The molecule has 0 aliphatic carbocycles. The zero-order valence-electron chi connectivity index (χ0n) is 8.28. The van der Waals surface area contributed by atoms with Crippen LogP contribution in [0, 0.1) is 11.3 Å². The molecule has 0 radical (unpaired) electrons. The highest BCUT2D eigenvalue weighted by Gasteiger charge is 2.10. The minimum atomic E-state index is 0.520. The molecule has 0 heterocycles. The standard InChI is InChI=1S/C10H21Br/c1-9(8-11)6-5-7-10(2,3)4/h9H,5-8H2,1-4H3. The number of rotatable bonds is 4. The van der Waals surface area contributed by atoms with Crippen molar-refractivity contribution < 1.29 is 0 Å². The Kier molecular flexibility index (Phi) is 5.41. The van der Waals surface area contributed by atoms with Gasteiger partial charge in [0.15, 0.2) is 0 Å². The van der Waals surface area contributed by atoms with Crippen molar-refractivity contribution in [3.05, 3.63) is 0 Å². The van der Waals surface area contributed by atoms with E-state index >= 15 is 0 Å². The van der Waals surface area contributed by atoms with Gasteiger partial charge in [-0.2, -0.15) is 0 Å². The van der Waals surface area contributed by atoms with Crippen molar-refractivity contribution in [2.24, 2.45) is 11.3 Å². The number of hydrogen-bond acceptors (Lipinski definition) is 0. The molecule has 0 N–H and O–H groups in total. The van der Waals surface area contributed by atoms with E-state index in [0.717, 1.165) is 11.2 Å². The van der Waals surface area contributed by atoms with Crippen LogP contribution in [-0.2, 0) is 0 Å². The van der Waals surface area contributed by atoms with Gasteiger partial charge < -0.3 is 0 Å². The Labute approximate surface area is 79.9 Å². The Morgan fingerprint density at radius 2 is 1.82 bits per heavy atom. The lowest BCUT2D eigenvalue weighted by Gasteiger charge is -2.18. The summed E-state index contributed by atoms with van der Waals surface area (Å²) in [7, 11) is 0. The van der Waals surface area contributed by atoms with Crippen LogP contribution >= 0.6 is 15.9 Å². The van der Waals surface area contributed by atoms with Gasteiger partial charge in [0.25, 0.3) is 0 Å². The highest BCUT2D eigenvalue weighted by Crippen LogP contribution is 2.23. The van der Waals surface area contributed by atoms with Crippen LogP contribution in [0.3, 0.4) is 0 Å². The number of alkyl halides is 1. The number of hydrogen-bond donors (Lipinski definition) is 0. The molecular weight excluding hydrogens is 200 g/mol. The second-order valence-corrected chi connectivity index (χ2v) is 5.36. The van der Waals surface area contributed by atoms with E-state index in [-0.39, 0.29) is 0 Å². The van der Waals surface area contributed by atoms with E-state index < -0.39 is 0 Å². The maximum absolute atomic E-state index is 3.50. The molecule has 1 heteroatoms. The Morgan fingerprint density at radius 1 is 1.27 bits per heavy atom. The van der Waals surface area contributed by atoms with E-state index in [1.165, 1.54) is 19.3 Å². The van der Waals surface area contributed by atoms with Gasteiger partial charge in [-0.25, -0.2) is 0 Å². The molecule has 0 aromatic carbocycles. The average molecular weight is 221 g/mol. The van der Waals surface area contributed by atoms with Crippen LogP contribution in [0.5, 0.6) is 0 Å². The predicted molar refractivity (Wildman–Crippen MR) is 56.3 cm³/mol. The molecule has 0 aliphatic heterocycles. The summed E-state index contributed by atoms with van der Waals surface area (Å²) in [6.07, 6.45) is 4.09. The van der Waals surface area contributed by atoms with Crippen LogP contribution in [0.1, 0.15) is 47.0 Å². The van der Waals surface area contributed by atoms with Crippen LogP contribution in [0.25, 0.3) is 0 Å². The molecule has 0 spiro atoms. The van der Waals surface area contributed by atoms with E-state index in [4.69, 9.17) is 0 Å². The minimum Gasteiger partial charge on any atom is -0.0925 e. The van der Waals surface area contributed by atoms with Gasteiger partial charge in [0, 0.05) is 5.33 Å². The Hall–Kier alpha value is 0.480. The molecule has 0 fully saturated rings. The summed E-state index contributed by atoms with van der Waals surface area (Å²) in [6.45, 7) is 9.24.